The highest BCUT2D eigenvalue weighted by Gasteiger charge is 2.17. The Morgan fingerprint density at radius 1 is 1.13 bits per heavy atom. The predicted molar refractivity (Wildman–Crippen MR) is 88.2 cm³/mol. The van der Waals surface area contributed by atoms with Crippen LogP contribution < -0.4 is 4.74 Å². The number of hydrogen-bond donors (Lipinski definition) is 0. The SMILES string of the molecule is COc1cccc(-c2c(C=O)nnn2-c2ccc(C)cc2C)c1. The van der Waals surface area contributed by atoms with Gasteiger partial charge in [-0.25, -0.2) is 4.68 Å². The van der Waals surface area contributed by atoms with Gasteiger partial charge in [0.1, 0.15) is 11.4 Å². The van der Waals surface area contributed by atoms with E-state index in [1.807, 2.05) is 50.2 Å². The van der Waals surface area contributed by atoms with E-state index in [-0.39, 0.29) is 0 Å². The van der Waals surface area contributed by atoms with Crippen LogP contribution >= 0.6 is 0 Å². The number of benzene rings is 2. The Morgan fingerprint density at radius 2 is 1.96 bits per heavy atom. The first kappa shape index (κ1) is 15.0. The number of aromatic nitrogens is 3. The summed E-state index contributed by atoms with van der Waals surface area (Å²) >= 11 is 0. The molecular formula is C18H17N3O2. The van der Waals surface area contributed by atoms with Gasteiger partial charge in [-0.1, -0.05) is 35.0 Å². The Balaban J connectivity index is 2.23. The van der Waals surface area contributed by atoms with Gasteiger partial charge in [0, 0.05) is 5.56 Å². The number of methoxy groups -OCH3 is 1. The van der Waals surface area contributed by atoms with Crippen LogP contribution in [0.25, 0.3) is 16.9 Å². The summed E-state index contributed by atoms with van der Waals surface area (Å²) in [6.45, 7) is 4.05. The van der Waals surface area contributed by atoms with E-state index in [9.17, 15) is 4.79 Å². The maximum absolute atomic E-state index is 11.4. The van der Waals surface area contributed by atoms with E-state index in [2.05, 4.69) is 16.4 Å². The average Bonchev–Trinajstić information content (AvgIpc) is 2.98. The molecule has 0 aliphatic carbocycles. The van der Waals surface area contributed by atoms with Crippen molar-refractivity contribution in [3.05, 3.63) is 59.3 Å². The Morgan fingerprint density at radius 3 is 2.65 bits per heavy atom. The second kappa shape index (κ2) is 6.04. The van der Waals surface area contributed by atoms with Crippen molar-refractivity contribution >= 4 is 6.29 Å². The molecular weight excluding hydrogens is 290 g/mol. The summed E-state index contributed by atoms with van der Waals surface area (Å²) in [5, 5.41) is 8.18. The van der Waals surface area contributed by atoms with Gasteiger partial charge in [-0.3, -0.25) is 4.79 Å². The van der Waals surface area contributed by atoms with Crippen molar-refractivity contribution in [3.8, 4) is 22.7 Å². The molecule has 0 aliphatic rings. The lowest BCUT2D eigenvalue weighted by atomic mass is 10.1. The summed E-state index contributed by atoms with van der Waals surface area (Å²) in [4.78, 5) is 11.4. The van der Waals surface area contributed by atoms with Crippen LogP contribution in [0.15, 0.2) is 42.5 Å². The highest BCUT2D eigenvalue weighted by Crippen LogP contribution is 2.28. The number of aldehydes is 1. The maximum Gasteiger partial charge on any atom is 0.172 e. The second-order valence-electron chi connectivity index (χ2n) is 5.37. The van der Waals surface area contributed by atoms with Crippen molar-refractivity contribution < 1.29 is 9.53 Å². The highest BCUT2D eigenvalue weighted by molar-refractivity contribution is 5.84. The summed E-state index contributed by atoms with van der Waals surface area (Å²) < 4.78 is 6.97. The van der Waals surface area contributed by atoms with Crippen molar-refractivity contribution in [2.75, 3.05) is 7.11 Å². The van der Waals surface area contributed by atoms with E-state index in [1.165, 1.54) is 5.56 Å². The Bertz CT molecular complexity index is 868. The number of aryl methyl sites for hydroxylation is 2. The number of hydrogen-bond acceptors (Lipinski definition) is 4. The van der Waals surface area contributed by atoms with E-state index in [0.717, 1.165) is 23.1 Å². The zero-order chi connectivity index (χ0) is 16.4. The highest BCUT2D eigenvalue weighted by atomic mass is 16.5. The minimum atomic E-state index is 0.304. The molecule has 3 rings (SSSR count). The molecule has 1 heterocycles. The molecule has 5 heteroatoms. The molecule has 0 atom stereocenters. The third-order valence-electron chi connectivity index (χ3n) is 3.73. The third-order valence-corrected chi connectivity index (χ3v) is 3.73. The molecule has 0 saturated carbocycles. The number of ether oxygens (including phenoxy) is 1. The summed E-state index contributed by atoms with van der Waals surface area (Å²) in [6, 6.07) is 13.6. The molecule has 116 valence electrons. The largest absolute Gasteiger partial charge is 0.497 e. The molecule has 0 aliphatic heterocycles. The standard InChI is InChI=1S/C18H17N3O2/c1-12-7-8-17(13(2)9-12)21-18(16(11-22)19-20-21)14-5-4-6-15(10-14)23-3/h4-11H,1-3H3. The normalized spacial score (nSPS) is 10.6. The number of rotatable bonds is 4. The van der Waals surface area contributed by atoms with Gasteiger partial charge in [-0.2, -0.15) is 0 Å². The fraction of sp³-hybridized carbons (Fsp3) is 0.167. The van der Waals surface area contributed by atoms with Crippen molar-refractivity contribution in [2.24, 2.45) is 0 Å². The maximum atomic E-state index is 11.4. The average molecular weight is 307 g/mol. The lowest BCUT2D eigenvalue weighted by Crippen LogP contribution is -2.02. The van der Waals surface area contributed by atoms with E-state index >= 15 is 0 Å². The Kier molecular flexibility index (Phi) is 3.93. The fourth-order valence-electron chi connectivity index (χ4n) is 2.63. The number of carbonyl (C=O) groups is 1. The second-order valence-corrected chi connectivity index (χ2v) is 5.37. The first-order valence-corrected chi connectivity index (χ1v) is 7.27. The minimum absolute atomic E-state index is 0.304. The number of carbonyl (C=O) groups excluding carboxylic acids is 1. The van der Waals surface area contributed by atoms with E-state index in [1.54, 1.807) is 11.8 Å². The molecule has 3 aromatic rings. The molecule has 2 aromatic carbocycles. The van der Waals surface area contributed by atoms with Crippen LogP contribution in [-0.4, -0.2) is 28.4 Å². The van der Waals surface area contributed by atoms with Crippen LogP contribution in [0, 0.1) is 13.8 Å². The smallest absolute Gasteiger partial charge is 0.172 e. The first-order chi connectivity index (χ1) is 11.1. The quantitative estimate of drug-likeness (QED) is 0.693. The molecule has 23 heavy (non-hydrogen) atoms. The van der Waals surface area contributed by atoms with Crippen molar-refractivity contribution in [2.45, 2.75) is 13.8 Å². The monoisotopic (exact) mass is 307 g/mol. The van der Waals surface area contributed by atoms with Crippen molar-refractivity contribution in [1.29, 1.82) is 0 Å². The zero-order valence-electron chi connectivity index (χ0n) is 13.3. The van der Waals surface area contributed by atoms with E-state index < -0.39 is 0 Å². The van der Waals surface area contributed by atoms with Crippen molar-refractivity contribution in [3.63, 3.8) is 0 Å². The molecule has 0 amide bonds. The van der Waals surface area contributed by atoms with Gasteiger partial charge in [0.15, 0.2) is 12.0 Å². The van der Waals surface area contributed by atoms with Crippen LogP contribution in [0.2, 0.25) is 0 Å². The Hall–Kier alpha value is -2.95. The molecule has 1 aromatic heterocycles. The van der Waals surface area contributed by atoms with Crippen LogP contribution in [0.1, 0.15) is 21.6 Å². The molecule has 0 unspecified atom stereocenters. The summed E-state index contributed by atoms with van der Waals surface area (Å²) in [5.74, 6) is 0.715. The zero-order valence-corrected chi connectivity index (χ0v) is 13.3. The molecule has 0 spiro atoms. The molecule has 0 fully saturated rings. The predicted octanol–water partition coefficient (Wildman–Crippen LogP) is 3.37. The van der Waals surface area contributed by atoms with Crippen LogP contribution in [0.4, 0.5) is 0 Å². The van der Waals surface area contributed by atoms with Gasteiger partial charge in [0.05, 0.1) is 12.8 Å². The molecule has 0 saturated heterocycles. The summed E-state index contributed by atoms with van der Waals surface area (Å²) in [6.07, 6.45) is 0.724. The lowest BCUT2D eigenvalue weighted by Gasteiger charge is -2.11. The van der Waals surface area contributed by atoms with Gasteiger partial charge < -0.3 is 4.74 Å². The molecule has 5 nitrogen and oxygen atoms in total. The molecule has 0 N–H and O–H groups in total. The summed E-state index contributed by atoms with van der Waals surface area (Å²) in [5.41, 5.74) is 4.93. The van der Waals surface area contributed by atoms with Gasteiger partial charge >= 0.3 is 0 Å². The lowest BCUT2D eigenvalue weighted by molar-refractivity contribution is 0.111. The number of nitrogens with zero attached hydrogens (tertiary/aromatic N) is 3. The third kappa shape index (κ3) is 2.73. The van der Waals surface area contributed by atoms with Gasteiger partial charge in [-0.15, -0.1) is 5.10 Å². The van der Waals surface area contributed by atoms with Gasteiger partial charge in [-0.05, 0) is 37.6 Å². The topological polar surface area (TPSA) is 57.0 Å². The van der Waals surface area contributed by atoms with E-state index in [0.29, 0.717) is 17.1 Å². The van der Waals surface area contributed by atoms with Crippen LogP contribution in [-0.2, 0) is 0 Å². The van der Waals surface area contributed by atoms with Crippen LogP contribution in [0.3, 0.4) is 0 Å². The van der Waals surface area contributed by atoms with E-state index in [4.69, 9.17) is 4.74 Å². The molecule has 0 radical (unpaired) electrons. The van der Waals surface area contributed by atoms with Gasteiger partial charge in [0.25, 0.3) is 0 Å². The Labute approximate surface area is 134 Å². The van der Waals surface area contributed by atoms with Crippen molar-refractivity contribution in [1.82, 2.24) is 15.0 Å². The first-order valence-electron chi connectivity index (χ1n) is 7.27. The van der Waals surface area contributed by atoms with Crippen LogP contribution in [0.5, 0.6) is 5.75 Å². The summed E-state index contributed by atoms with van der Waals surface area (Å²) in [7, 11) is 1.61. The minimum Gasteiger partial charge on any atom is -0.497 e. The molecule has 0 bridgehead atoms. The fourth-order valence-corrected chi connectivity index (χ4v) is 2.63. The van der Waals surface area contributed by atoms with Gasteiger partial charge in [0.2, 0.25) is 0 Å².